The highest BCUT2D eigenvalue weighted by atomic mass is 28.3. The average molecular weight is 339 g/mol. The van der Waals surface area contributed by atoms with E-state index in [1.807, 2.05) is 18.2 Å². The summed E-state index contributed by atoms with van der Waals surface area (Å²) in [5.41, 5.74) is 3.10. The van der Waals surface area contributed by atoms with Gasteiger partial charge in [-0.15, -0.1) is 0 Å². The Morgan fingerprint density at radius 2 is 1.54 bits per heavy atom. The van der Waals surface area contributed by atoms with Crippen LogP contribution in [-0.2, 0) is 0 Å². The van der Waals surface area contributed by atoms with Gasteiger partial charge in [0.2, 0.25) is 0 Å². The summed E-state index contributed by atoms with van der Waals surface area (Å²) in [6.07, 6.45) is 7.63. The second-order valence-corrected chi connectivity index (χ2v) is 12.5. The molecule has 0 N–H and O–H groups in total. The van der Waals surface area contributed by atoms with Gasteiger partial charge in [0.25, 0.3) is 0 Å². The van der Waals surface area contributed by atoms with E-state index in [0.717, 1.165) is 11.6 Å². The number of hydrogen-bond donors (Lipinski definition) is 0. The van der Waals surface area contributed by atoms with Crippen molar-refractivity contribution in [3.8, 4) is 0 Å². The molecule has 1 aliphatic rings. The van der Waals surface area contributed by atoms with E-state index in [-0.39, 0.29) is 11.6 Å². The van der Waals surface area contributed by atoms with Crippen LogP contribution in [0, 0.1) is 0 Å². The highest BCUT2D eigenvalue weighted by Crippen LogP contribution is 2.33. The van der Waals surface area contributed by atoms with E-state index in [1.54, 1.807) is 12.1 Å². The first-order chi connectivity index (χ1) is 11.2. The topological polar surface area (TPSA) is 34.1 Å². The van der Waals surface area contributed by atoms with Crippen LogP contribution in [0.1, 0.15) is 47.4 Å². The first kappa shape index (κ1) is 18.3. The van der Waals surface area contributed by atoms with Gasteiger partial charge in [-0.2, -0.15) is 0 Å². The maximum Gasteiger partial charge on any atom is 0.190 e. The van der Waals surface area contributed by atoms with Crippen LogP contribution >= 0.6 is 0 Å². The highest BCUT2D eigenvalue weighted by Gasteiger charge is 2.37. The number of hydrogen-bond acceptors (Lipinski definition) is 2. The van der Waals surface area contributed by atoms with E-state index in [9.17, 15) is 9.59 Å². The molecule has 0 saturated heterocycles. The van der Waals surface area contributed by atoms with Crippen molar-refractivity contribution in [1.29, 1.82) is 0 Å². The molecule has 126 valence electrons. The summed E-state index contributed by atoms with van der Waals surface area (Å²) >= 11 is 0. The van der Waals surface area contributed by atoms with Crippen molar-refractivity contribution < 1.29 is 9.59 Å². The molecule has 0 aliphatic heterocycles. The van der Waals surface area contributed by atoms with Crippen LogP contribution < -0.4 is 0 Å². The molecular formula is C21H26O2Si. The summed E-state index contributed by atoms with van der Waals surface area (Å²) in [4.78, 5) is 25.9. The predicted octanol–water partition coefficient (Wildman–Crippen LogP) is 5.54. The molecule has 0 bridgehead atoms. The minimum atomic E-state index is -1.92. The summed E-state index contributed by atoms with van der Waals surface area (Å²) in [5.74, 6) is 0.0755. The van der Waals surface area contributed by atoms with Gasteiger partial charge in [-0.1, -0.05) is 67.7 Å². The minimum Gasteiger partial charge on any atom is -0.289 e. The number of carbonyl (C=O) groups is 2. The van der Waals surface area contributed by atoms with Crippen LogP contribution in [0.5, 0.6) is 0 Å². The third-order valence-electron chi connectivity index (χ3n) is 4.12. The zero-order valence-corrected chi connectivity index (χ0v) is 16.3. The van der Waals surface area contributed by atoms with E-state index >= 15 is 0 Å². The van der Waals surface area contributed by atoms with Crippen LogP contribution in [0.25, 0.3) is 0 Å². The monoisotopic (exact) mass is 338 g/mol. The normalized spacial score (nSPS) is 15.0. The third-order valence-corrected chi connectivity index (χ3v) is 6.15. The SMILES string of the molecule is CC(C)=CC/C=C/CC1=C([Si](C)(C)C)C(=O)c2ccccc2C1=O. The lowest BCUT2D eigenvalue weighted by molar-refractivity contribution is 0.0978. The maximum absolute atomic E-state index is 13.0. The van der Waals surface area contributed by atoms with Crippen molar-refractivity contribution in [2.24, 2.45) is 0 Å². The summed E-state index contributed by atoms with van der Waals surface area (Å²) in [5, 5.41) is 0.790. The number of ketones is 2. The quantitative estimate of drug-likeness (QED) is 0.521. The van der Waals surface area contributed by atoms with Crippen molar-refractivity contribution in [3.63, 3.8) is 0 Å². The number of allylic oxidation sites excluding steroid dienone is 6. The summed E-state index contributed by atoms with van der Waals surface area (Å²) in [6.45, 7) is 10.5. The van der Waals surface area contributed by atoms with Gasteiger partial charge in [0.15, 0.2) is 11.6 Å². The fraction of sp³-hybridized carbons (Fsp3) is 0.333. The molecule has 0 unspecified atom stereocenters. The molecule has 2 rings (SSSR count). The largest absolute Gasteiger partial charge is 0.289 e. The van der Waals surface area contributed by atoms with Crippen molar-refractivity contribution >= 4 is 19.6 Å². The molecule has 0 radical (unpaired) electrons. The van der Waals surface area contributed by atoms with Crippen LogP contribution in [0.2, 0.25) is 19.6 Å². The molecule has 0 fully saturated rings. The highest BCUT2D eigenvalue weighted by molar-refractivity contribution is 6.88. The molecule has 0 amide bonds. The first-order valence-electron chi connectivity index (χ1n) is 8.44. The minimum absolute atomic E-state index is 0.0227. The van der Waals surface area contributed by atoms with Crippen LogP contribution in [0.3, 0.4) is 0 Å². The molecule has 0 saturated carbocycles. The molecule has 0 aromatic heterocycles. The summed E-state index contributed by atoms with van der Waals surface area (Å²) in [6, 6.07) is 7.20. The van der Waals surface area contributed by atoms with Gasteiger partial charge in [-0.25, -0.2) is 0 Å². The van der Waals surface area contributed by atoms with E-state index in [4.69, 9.17) is 0 Å². The number of rotatable bonds is 5. The Bertz CT molecular complexity index is 754. The van der Waals surface area contributed by atoms with Crippen LogP contribution in [-0.4, -0.2) is 19.6 Å². The lowest BCUT2D eigenvalue weighted by Gasteiger charge is -2.28. The Kier molecular flexibility index (Phi) is 5.55. The van der Waals surface area contributed by atoms with Crippen LogP contribution in [0.4, 0.5) is 0 Å². The van der Waals surface area contributed by atoms with Crippen molar-refractivity contribution in [1.82, 2.24) is 0 Å². The van der Waals surface area contributed by atoms with Crippen molar-refractivity contribution in [3.05, 3.63) is 70.0 Å². The number of fused-ring (bicyclic) bond motifs is 1. The van der Waals surface area contributed by atoms with E-state index in [2.05, 4.69) is 45.6 Å². The van der Waals surface area contributed by atoms with Crippen molar-refractivity contribution in [2.75, 3.05) is 0 Å². The van der Waals surface area contributed by atoms with Gasteiger partial charge in [-0.3, -0.25) is 9.59 Å². The van der Waals surface area contributed by atoms with Gasteiger partial charge in [-0.05, 0) is 31.9 Å². The zero-order chi connectivity index (χ0) is 17.9. The van der Waals surface area contributed by atoms with Gasteiger partial charge < -0.3 is 0 Å². The molecule has 0 atom stereocenters. The summed E-state index contributed by atoms with van der Waals surface area (Å²) in [7, 11) is -1.92. The Hall–Kier alpha value is -2.00. The molecule has 3 heteroatoms. The Morgan fingerprint density at radius 3 is 2.08 bits per heavy atom. The first-order valence-corrected chi connectivity index (χ1v) is 11.9. The third kappa shape index (κ3) is 3.90. The molecular weight excluding hydrogens is 312 g/mol. The molecule has 24 heavy (non-hydrogen) atoms. The van der Waals surface area contributed by atoms with Gasteiger partial charge in [0.1, 0.15) is 0 Å². The van der Waals surface area contributed by atoms with Gasteiger partial charge in [0.05, 0.1) is 8.07 Å². The second-order valence-electron chi connectivity index (χ2n) is 7.50. The standard InChI is InChI=1S/C21H26O2Si/c1-15(2)11-7-6-8-14-18-19(22)16-12-9-10-13-17(16)20(23)21(18)24(3,4)5/h6,8-13H,7,14H2,1-5H3/b8-6+. The van der Waals surface area contributed by atoms with E-state index < -0.39 is 8.07 Å². The number of benzene rings is 1. The Morgan fingerprint density at radius 1 is 0.958 bits per heavy atom. The molecule has 2 nitrogen and oxygen atoms in total. The lowest BCUT2D eigenvalue weighted by atomic mass is 9.87. The smallest absolute Gasteiger partial charge is 0.190 e. The Labute approximate surface area is 146 Å². The number of Topliss-reactive ketones (excluding diaryl/α,β-unsaturated/α-hetero) is 2. The molecule has 1 aromatic rings. The zero-order valence-electron chi connectivity index (χ0n) is 15.3. The summed E-state index contributed by atoms with van der Waals surface area (Å²) < 4.78 is 0. The predicted molar refractivity (Wildman–Crippen MR) is 103 cm³/mol. The molecule has 0 heterocycles. The van der Waals surface area contributed by atoms with E-state index in [1.165, 1.54) is 5.57 Å². The molecule has 0 spiro atoms. The van der Waals surface area contributed by atoms with Gasteiger partial charge >= 0.3 is 0 Å². The lowest BCUT2D eigenvalue weighted by Crippen LogP contribution is -2.36. The second kappa shape index (κ2) is 7.26. The Balaban J connectivity index is 2.41. The fourth-order valence-corrected chi connectivity index (χ4v) is 4.95. The maximum atomic E-state index is 13.0. The molecule has 1 aliphatic carbocycles. The van der Waals surface area contributed by atoms with Gasteiger partial charge in [0, 0.05) is 16.7 Å². The van der Waals surface area contributed by atoms with Crippen molar-refractivity contribution in [2.45, 2.75) is 46.3 Å². The fourth-order valence-electron chi connectivity index (χ4n) is 3.02. The number of carbonyl (C=O) groups excluding carboxylic acids is 2. The van der Waals surface area contributed by atoms with E-state index in [0.29, 0.717) is 23.1 Å². The average Bonchev–Trinajstić information content (AvgIpc) is 2.50. The molecule has 1 aromatic carbocycles. The van der Waals surface area contributed by atoms with Crippen LogP contribution in [0.15, 0.2) is 58.8 Å².